The van der Waals surface area contributed by atoms with E-state index in [1.807, 2.05) is 93.5 Å². The van der Waals surface area contributed by atoms with Crippen molar-refractivity contribution in [1.29, 1.82) is 0 Å². The van der Waals surface area contributed by atoms with Gasteiger partial charge in [0, 0.05) is 209 Å². The number of carboxylic acids is 1. The third-order valence-corrected chi connectivity index (χ3v) is 29.9. The maximum absolute atomic E-state index is 13.8. The smallest absolute Gasteiger partial charge is 0.476 e. The van der Waals surface area contributed by atoms with Crippen molar-refractivity contribution < 1.29 is 112 Å². The van der Waals surface area contributed by atoms with Gasteiger partial charge in [0.1, 0.15) is 27.3 Å². The van der Waals surface area contributed by atoms with E-state index in [2.05, 4.69) is 82.0 Å². The van der Waals surface area contributed by atoms with E-state index >= 15 is 0 Å². The van der Waals surface area contributed by atoms with Crippen molar-refractivity contribution in [3.8, 4) is 22.3 Å². The van der Waals surface area contributed by atoms with Crippen molar-refractivity contribution in [3.63, 3.8) is 0 Å². The maximum atomic E-state index is 13.8. The molecule has 1 saturated heterocycles. The van der Waals surface area contributed by atoms with Gasteiger partial charge in [0.25, 0.3) is 15.1 Å². The molecule has 16 heterocycles. The fourth-order valence-corrected chi connectivity index (χ4v) is 17.2. The number of H-pyrrole nitrogens is 2. The van der Waals surface area contributed by atoms with Gasteiger partial charge >= 0.3 is 68.3 Å². The Morgan fingerprint density at radius 1 is 0.531 bits per heavy atom. The molecule has 11 aromatic rings. The van der Waals surface area contributed by atoms with Gasteiger partial charge in [-0.3, -0.25) is 13.6 Å². The second-order valence-corrected chi connectivity index (χ2v) is 45.8. The number of rotatable bonds is 15. The van der Waals surface area contributed by atoms with Crippen molar-refractivity contribution in [2.24, 2.45) is 0 Å². The number of furan rings is 2. The van der Waals surface area contributed by atoms with Crippen molar-refractivity contribution >= 4 is 177 Å². The molecule has 0 saturated carbocycles. The van der Waals surface area contributed by atoms with Crippen LogP contribution in [0.4, 0.5) is 35.9 Å². The molecule has 0 spiro atoms. The number of amides is 3. The van der Waals surface area contributed by atoms with E-state index in [0.717, 1.165) is 100 Å². The molecule has 3 amide bonds. The van der Waals surface area contributed by atoms with Gasteiger partial charge in [-0.2, -0.15) is 77.2 Å². The minimum Gasteiger partial charge on any atom is -0.476 e. The highest BCUT2D eigenvalue weighted by molar-refractivity contribution is 9.10. The van der Waals surface area contributed by atoms with E-state index in [1.165, 1.54) is 156 Å². The Labute approximate surface area is 859 Å². The molecule has 58 heteroatoms. The van der Waals surface area contributed by atoms with E-state index in [9.17, 15) is 79.2 Å². The van der Waals surface area contributed by atoms with Crippen LogP contribution in [0, 0.1) is 0 Å². The normalized spacial score (nSPS) is 15.7. The summed E-state index contributed by atoms with van der Waals surface area (Å²) in [4.78, 5) is 86.3. The number of pyridine rings is 2. The van der Waals surface area contributed by atoms with E-state index in [0.29, 0.717) is 68.3 Å². The summed E-state index contributed by atoms with van der Waals surface area (Å²) in [6.07, 6.45) is 23.6. The average Bonchev–Trinajstić information content (AvgIpc) is 1.61. The number of imidazole rings is 7. The molecule has 782 valence electrons. The number of carbonyl (C=O) groups excluding carboxylic acids is 3. The molecular formula is C85H107BBr2Cl4F6N22O19S4. The molecule has 143 heavy (non-hydrogen) atoms. The lowest BCUT2D eigenvalue weighted by Crippen LogP contribution is -2.41. The van der Waals surface area contributed by atoms with Crippen LogP contribution in [-0.4, -0.2) is 299 Å². The first-order valence-electron chi connectivity index (χ1n) is 42.6. The molecule has 41 nitrogen and oxygen atoms in total. The summed E-state index contributed by atoms with van der Waals surface area (Å²) in [5.41, 5.74) is -0.521. The molecule has 0 aliphatic carbocycles. The fourth-order valence-electron chi connectivity index (χ4n) is 13.0. The second kappa shape index (κ2) is 48.4. The number of hydrogen-bond donors (Lipinski definition) is 4. The lowest BCUT2D eigenvalue weighted by Gasteiger charge is -2.32. The van der Waals surface area contributed by atoms with Gasteiger partial charge in [0.2, 0.25) is 0 Å². The number of nitrogens with zero attached hydrogens (tertiary/aromatic N) is 19. The summed E-state index contributed by atoms with van der Waals surface area (Å²) >= 11 is 18.3. The van der Waals surface area contributed by atoms with Gasteiger partial charge in [-0.25, -0.2) is 61.2 Å². The third-order valence-electron chi connectivity index (χ3n) is 21.1. The van der Waals surface area contributed by atoms with Crippen LogP contribution >= 0.6 is 78.2 Å². The molecule has 5 aliphatic heterocycles. The number of hydrogen-bond acceptors (Lipinski definition) is 26. The number of aromatic amines is 2. The van der Waals surface area contributed by atoms with Crippen LogP contribution in [0.1, 0.15) is 144 Å². The van der Waals surface area contributed by atoms with E-state index in [4.69, 9.17) is 66.6 Å². The third kappa shape index (κ3) is 30.7. The first kappa shape index (κ1) is 118. The predicted molar refractivity (Wildman–Crippen MR) is 533 cm³/mol. The number of halogens is 12. The number of carboxylic acid groups (broad SMARTS) is 1. The topological polar surface area (TPSA) is 468 Å². The molecule has 5 aliphatic rings. The zero-order chi connectivity index (χ0) is 106. The van der Waals surface area contributed by atoms with Crippen LogP contribution in [0.3, 0.4) is 0 Å². The van der Waals surface area contributed by atoms with Gasteiger partial charge in [0.15, 0.2) is 43.8 Å². The van der Waals surface area contributed by atoms with Crippen molar-refractivity contribution in [2.45, 2.75) is 130 Å². The zero-order valence-corrected chi connectivity index (χ0v) is 89.9. The summed E-state index contributed by atoms with van der Waals surface area (Å²) in [5.74, 6) is -0.421. The Bertz CT molecular complexity index is 6850. The summed E-state index contributed by atoms with van der Waals surface area (Å²) in [6, 6.07) is 4.85. The van der Waals surface area contributed by atoms with Crippen molar-refractivity contribution in [3.05, 3.63) is 213 Å². The van der Waals surface area contributed by atoms with Gasteiger partial charge in [0.05, 0.1) is 47.4 Å². The largest absolute Gasteiger partial charge is 0.490 e. The van der Waals surface area contributed by atoms with Crippen molar-refractivity contribution in [1.82, 2.24) is 103 Å². The standard InChI is InChI=1S/C21H15ClF3N5O2.C16H28BNO4.C15H24N4O4S.C13H6ClF3N2O3.C10H16N4O2S.C5H8BrN3O2S.C3H3BrN2.C2H6ClNO2S.ClH/c22-17-16(20(31)29-6-1-12(2-7-29)18-26-4-5-27-18)28-19-15(21(23,24)25)9-14(10-30(17)19)13-3-8-32-11-13;1-14(2,3)20-13(19)18-10-8-12(9-11-18)17-21-15(4,5)16(6,7)22-17;1-15(2,3)23-14(20)18-9-6-12(7-10-18)13-16-8-11-19(13)24(21,22)17(4)5;14-10-9(12(20)21)18-11-8(13(15,16)17)3-7(4-19(10)11)6-1-2-22-5-6;1-13(2)17(15,16)14-8-7-12-10(14)9-3-5-11-6-4-9;1-8(2)12(10,11)9-4-3-7-5(9)6;4-3-5-1-2-6-3;1-4(2)7(3,5)6;/h1,3-5,8-11H,2,6-7H2,(H,26,27);8H,9-11H2,1-7H3;6,8,11H,7,9-10H2,1-5H3;1-5H,(H,20,21);3,7-8,11H,4-6H2,1-2H3;3-4H,1-2H3;1-2H,(H,5,6);1-2H3;1H. The molecule has 1 fully saturated rings. The van der Waals surface area contributed by atoms with Gasteiger partial charge in [-0.05, 0) is 180 Å². The predicted octanol–water partition coefficient (Wildman–Crippen LogP) is 15.5. The van der Waals surface area contributed by atoms with Gasteiger partial charge in [-0.1, -0.05) is 47.5 Å². The number of aromatic carboxylic acids is 1. The SMILES string of the molecule is Brc1ncc[nH]1.CC(C)(C)OC(=O)N1CC=C(B2OC(C)(C)C(C)(C)O2)CC1.CN(C)S(=O)(=O)Cl.CN(C)S(=O)(=O)n1ccnc1Br.CN(C)S(=O)(=O)n1ccnc1C1=CCN(C(=O)OC(C)(C)C)CC1.CN(C)S(=O)(=O)n1ccnc1C1=CCNCC1.Cl.O=C(O)c1nc2c(C(F)(F)F)cc(-c3ccoc3)cn2c1Cl.O=C(c1nc2c(C(F)(F)F)cc(-c3ccoc3)cn2c1Cl)N1CC=C(c2ncc[nH]2)CC1. The molecule has 16 rings (SSSR count). The van der Waals surface area contributed by atoms with Crippen LogP contribution in [0.25, 0.3) is 50.3 Å². The molecule has 0 radical (unpaired) electrons. The first-order chi connectivity index (χ1) is 65.9. The van der Waals surface area contributed by atoms with Crippen LogP contribution in [0.5, 0.6) is 0 Å². The first-order valence-corrected chi connectivity index (χ1v) is 51.4. The summed E-state index contributed by atoms with van der Waals surface area (Å²) in [7, 11) is 2.09. The fraction of sp³-hybridized carbons (Fsp3) is 0.424. The molecule has 4 N–H and O–H groups in total. The highest BCUT2D eigenvalue weighted by Gasteiger charge is 2.53. The molecule has 0 bridgehead atoms. The number of fused-ring (bicyclic) bond motifs is 2. The molecular weight excluding hydrogens is 2190 g/mol. The quantitative estimate of drug-likeness (QED) is 0.0421. The molecule has 0 aromatic carbocycles. The van der Waals surface area contributed by atoms with Crippen LogP contribution < -0.4 is 5.32 Å². The minimum atomic E-state index is -4.72. The van der Waals surface area contributed by atoms with E-state index < -0.39 is 109 Å². The second-order valence-electron chi connectivity index (χ2n) is 34.9. The summed E-state index contributed by atoms with van der Waals surface area (Å²) < 4.78 is 216. The van der Waals surface area contributed by atoms with Crippen molar-refractivity contribution in [2.75, 3.05) is 109 Å². The number of ether oxygens (including phenoxy) is 2. The number of aromatic nitrogens is 14. The van der Waals surface area contributed by atoms with E-state index in [-0.39, 0.29) is 76.2 Å². The summed E-state index contributed by atoms with van der Waals surface area (Å²) in [6.45, 7) is 23.5. The van der Waals surface area contributed by atoms with Gasteiger partial charge < -0.3 is 62.7 Å². The summed E-state index contributed by atoms with van der Waals surface area (Å²) in [5, 5.41) is 11.6. The number of nitrogens with one attached hydrogen (secondary N) is 3. The van der Waals surface area contributed by atoms with Crippen LogP contribution in [0.2, 0.25) is 10.3 Å². The Hall–Kier alpha value is -10.3. The van der Waals surface area contributed by atoms with E-state index in [1.54, 1.807) is 34.6 Å². The Morgan fingerprint density at radius 2 is 0.944 bits per heavy atom. The molecule has 0 atom stereocenters. The Balaban J connectivity index is 0.000000208. The highest BCUT2D eigenvalue weighted by Crippen LogP contribution is 2.42. The Morgan fingerprint density at radius 3 is 1.29 bits per heavy atom. The maximum Gasteiger partial charge on any atom is 0.490 e. The number of carbonyl (C=O) groups is 4. The number of alkyl halides is 6. The minimum absolute atomic E-state index is 0. The van der Waals surface area contributed by atoms with Crippen LogP contribution in [0.15, 0.2) is 172 Å². The average molecular weight is 2300 g/mol. The Kier molecular flexibility index (Phi) is 39.9. The zero-order valence-electron chi connectivity index (χ0n) is 80.4. The van der Waals surface area contributed by atoms with Gasteiger partial charge in [-0.15, -0.1) is 12.4 Å². The van der Waals surface area contributed by atoms with Crippen LogP contribution in [-0.2, 0) is 71.0 Å². The lowest BCUT2D eigenvalue weighted by molar-refractivity contribution is -0.137. The molecule has 11 aromatic heterocycles. The highest BCUT2D eigenvalue weighted by atomic mass is 79.9. The molecule has 0 unspecified atom stereocenters. The lowest BCUT2D eigenvalue weighted by atomic mass is 9.75. The monoisotopic (exact) mass is 2290 g/mol.